The third-order valence-electron chi connectivity index (χ3n) is 7.07. The van der Waals surface area contributed by atoms with Gasteiger partial charge in [-0.2, -0.15) is 5.10 Å². The molecule has 1 spiro atoms. The van der Waals surface area contributed by atoms with Crippen LogP contribution < -0.4 is 10.6 Å². The monoisotopic (exact) mass is 400 g/mol. The molecule has 0 saturated carbocycles. The zero-order valence-electron chi connectivity index (χ0n) is 17.1. The molecule has 154 valence electrons. The zero-order valence-corrected chi connectivity index (χ0v) is 17.1. The second-order valence-electron chi connectivity index (χ2n) is 8.65. The highest BCUT2D eigenvalue weighted by atomic mass is 16.3. The van der Waals surface area contributed by atoms with E-state index in [-0.39, 0.29) is 18.1 Å². The average Bonchev–Trinajstić information content (AvgIpc) is 3.41. The summed E-state index contributed by atoms with van der Waals surface area (Å²) in [6.45, 7) is 6.23. The van der Waals surface area contributed by atoms with Crippen molar-refractivity contribution in [1.29, 1.82) is 0 Å². The fourth-order valence-corrected chi connectivity index (χ4v) is 5.26. The number of nitrogens with zero attached hydrogens (tertiary/aromatic N) is 2. The van der Waals surface area contributed by atoms with Gasteiger partial charge in [0.2, 0.25) is 0 Å². The van der Waals surface area contributed by atoms with E-state index < -0.39 is 0 Å². The van der Waals surface area contributed by atoms with E-state index in [0.717, 1.165) is 60.4 Å². The Bertz CT molecular complexity index is 1060. The molecule has 5 heteroatoms. The van der Waals surface area contributed by atoms with Crippen molar-refractivity contribution in [2.45, 2.75) is 31.9 Å². The number of fused-ring (bicyclic) bond motifs is 1. The molecule has 0 radical (unpaired) electrons. The molecule has 1 saturated heterocycles. The second-order valence-corrected chi connectivity index (χ2v) is 8.65. The lowest BCUT2D eigenvalue weighted by molar-refractivity contribution is 0.187. The van der Waals surface area contributed by atoms with E-state index in [1.165, 1.54) is 11.1 Å². The van der Waals surface area contributed by atoms with Crippen molar-refractivity contribution in [3.8, 4) is 0 Å². The van der Waals surface area contributed by atoms with Crippen molar-refractivity contribution in [2.24, 2.45) is 11.1 Å². The maximum absolute atomic E-state index is 9.65. The number of aromatic amines is 1. The molecule has 2 aromatic carbocycles. The summed E-state index contributed by atoms with van der Waals surface area (Å²) in [5.74, 6) is 0. The number of piperidine rings is 1. The Hall–Kier alpha value is -2.89. The number of hydrogen-bond acceptors (Lipinski definition) is 4. The second kappa shape index (κ2) is 7.42. The lowest BCUT2D eigenvalue weighted by Crippen LogP contribution is -2.44. The maximum Gasteiger partial charge on any atom is 0.0921 e. The first-order valence-corrected chi connectivity index (χ1v) is 10.6. The third-order valence-corrected chi connectivity index (χ3v) is 7.07. The molecule has 2 aliphatic rings. The smallest absolute Gasteiger partial charge is 0.0921 e. The Morgan fingerprint density at radius 3 is 2.70 bits per heavy atom. The number of nitrogens with one attached hydrogen (secondary N) is 1. The van der Waals surface area contributed by atoms with Crippen molar-refractivity contribution in [1.82, 2.24) is 10.2 Å². The first-order chi connectivity index (χ1) is 14.6. The minimum Gasteiger partial charge on any atom is -0.392 e. The number of aromatic nitrogens is 2. The fourth-order valence-electron chi connectivity index (χ4n) is 5.26. The fraction of sp³-hybridized carbons (Fsp3) is 0.320. The summed E-state index contributed by atoms with van der Waals surface area (Å²) in [5, 5.41) is 16.8. The van der Waals surface area contributed by atoms with Gasteiger partial charge in [0, 0.05) is 42.2 Å². The van der Waals surface area contributed by atoms with E-state index >= 15 is 0 Å². The summed E-state index contributed by atoms with van der Waals surface area (Å²) in [7, 11) is 0. The highest BCUT2D eigenvalue weighted by molar-refractivity contribution is 5.84. The van der Waals surface area contributed by atoms with Crippen LogP contribution in [0.3, 0.4) is 0 Å². The largest absolute Gasteiger partial charge is 0.392 e. The molecule has 5 rings (SSSR count). The Balaban J connectivity index is 1.41. The molecule has 2 heterocycles. The quantitative estimate of drug-likeness (QED) is 0.622. The van der Waals surface area contributed by atoms with Gasteiger partial charge in [-0.15, -0.1) is 0 Å². The maximum atomic E-state index is 9.65. The van der Waals surface area contributed by atoms with Crippen LogP contribution in [0.4, 0.5) is 5.69 Å². The molecule has 30 heavy (non-hydrogen) atoms. The lowest BCUT2D eigenvalue weighted by Gasteiger charge is -2.43. The van der Waals surface area contributed by atoms with Gasteiger partial charge in [-0.25, -0.2) is 0 Å². The summed E-state index contributed by atoms with van der Waals surface area (Å²) < 4.78 is 0. The number of rotatable bonds is 4. The van der Waals surface area contributed by atoms with Gasteiger partial charge in [0.1, 0.15) is 0 Å². The minimum absolute atomic E-state index is 0.0113. The van der Waals surface area contributed by atoms with Crippen LogP contribution >= 0.6 is 0 Å². The first-order valence-electron chi connectivity index (χ1n) is 10.6. The molecule has 1 fully saturated rings. The van der Waals surface area contributed by atoms with Gasteiger partial charge in [0.25, 0.3) is 0 Å². The van der Waals surface area contributed by atoms with Crippen LogP contribution in [-0.2, 0) is 13.0 Å². The molecular formula is C25H28N4O. The highest BCUT2D eigenvalue weighted by Crippen LogP contribution is 2.51. The summed E-state index contributed by atoms with van der Waals surface area (Å²) in [6.07, 6.45) is 5.02. The highest BCUT2D eigenvalue weighted by Gasteiger charge is 2.45. The summed E-state index contributed by atoms with van der Waals surface area (Å²) in [4.78, 5) is 2.44. The number of hydrogen-bond donors (Lipinski definition) is 3. The minimum atomic E-state index is 0.0113. The zero-order chi connectivity index (χ0) is 20.7. The molecule has 0 unspecified atom stereocenters. The summed E-state index contributed by atoms with van der Waals surface area (Å²) in [5.41, 5.74) is 14.4. The van der Waals surface area contributed by atoms with Gasteiger partial charge < -0.3 is 15.7 Å². The molecule has 5 nitrogen and oxygen atoms in total. The van der Waals surface area contributed by atoms with Crippen molar-refractivity contribution < 1.29 is 5.11 Å². The average molecular weight is 401 g/mol. The standard InChI is InChI=1S/C25H28N4O/c1-17(22-8-11-27-28-22)21-14-18(16-30)6-7-23(21)29-12-9-25(10-13-29)15-19-4-2-3-5-20(19)24(25)26/h2-8,11,14,24,30H,1,9-10,12-13,15-16,26H2,(H,27,28)/t24-/m1/s1. The molecule has 0 bridgehead atoms. The molecule has 1 atom stereocenters. The topological polar surface area (TPSA) is 78.2 Å². The van der Waals surface area contributed by atoms with Gasteiger partial charge in [0.15, 0.2) is 0 Å². The Kier molecular flexibility index (Phi) is 4.72. The molecule has 1 aliphatic heterocycles. The van der Waals surface area contributed by atoms with Gasteiger partial charge in [-0.05, 0) is 59.6 Å². The predicted octanol–water partition coefficient (Wildman–Crippen LogP) is 3.81. The van der Waals surface area contributed by atoms with E-state index in [2.05, 4.69) is 52.0 Å². The SMILES string of the molecule is C=C(c1cc[nH]n1)c1cc(CO)ccc1N1CCC2(CC1)Cc1ccccc1[C@H]2N. The van der Waals surface area contributed by atoms with Crippen LogP contribution in [0.2, 0.25) is 0 Å². The first kappa shape index (κ1) is 19.1. The Morgan fingerprint density at radius 2 is 2.00 bits per heavy atom. The summed E-state index contributed by atoms with van der Waals surface area (Å²) in [6, 6.07) is 16.8. The van der Waals surface area contributed by atoms with Crippen molar-refractivity contribution >= 4 is 11.3 Å². The number of H-pyrrole nitrogens is 1. The van der Waals surface area contributed by atoms with Crippen LogP contribution in [0.1, 0.15) is 46.8 Å². The van der Waals surface area contributed by atoms with Crippen LogP contribution in [0.5, 0.6) is 0 Å². The van der Waals surface area contributed by atoms with Crippen LogP contribution in [-0.4, -0.2) is 28.4 Å². The van der Waals surface area contributed by atoms with Crippen LogP contribution in [0.25, 0.3) is 5.57 Å². The van der Waals surface area contributed by atoms with Crippen molar-refractivity contribution in [3.05, 3.63) is 89.3 Å². The normalized spacial score (nSPS) is 19.8. The molecule has 4 N–H and O–H groups in total. The van der Waals surface area contributed by atoms with Gasteiger partial charge in [-0.3, -0.25) is 5.10 Å². The van der Waals surface area contributed by atoms with E-state index in [4.69, 9.17) is 5.73 Å². The summed E-state index contributed by atoms with van der Waals surface area (Å²) >= 11 is 0. The van der Waals surface area contributed by atoms with Gasteiger partial charge in [-0.1, -0.05) is 36.9 Å². The van der Waals surface area contributed by atoms with Crippen LogP contribution in [0, 0.1) is 5.41 Å². The Labute approximate surface area is 177 Å². The lowest BCUT2D eigenvalue weighted by atomic mass is 9.73. The number of anilines is 1. The van der Waals surface area contributed by atoms with Crippen molar-refractivity contribution in [2.75, 3.05) is 18.0 Å². The Morgan fingerprint density at radius 1 is 1.20 bits per heavy atom. The predicted molar refractivity (Wildman–Crippen MR) is 120 cm³/mol. The van der Waals surface area contributed by atoms with Gasteiger partial charge in [0.05, 0.1) is 12.3 Å². The number of aliphatic hydroxyl groups is 1. The molecule has 3 aromatic rings. The van der Waals surface area contributed by atoms with Crippen LogP contribution in [0.15, 0.2) is 61.3 Å². The number of benzene rings is 2. The van der Waals surface area contributed by atoms with E-state index in [0.29, 0.717) is 0 Å². The molecule has 1 aliphatic carbocycles. The van der Waals surface area contributed by atoms with E-state index in [9.17, 15) is 5.11 Å². The van der Waals surface area contributed by atoms with E-state index in [1.54, 1.807) is 6.20 Å². The number of nitrogens with two attached hydrogens (primary N) is 1. The van der Waals surface area contributed by atoms with Gasteiger partial charge >= 0.3 is 0 Å². The molecule has 0 amide bonds. The van der Waals surface area contributed by atoms with E-state index in [1.807, 2.05) is 18.2 Å². The molecule has 1 aromatic heterocycles. The number of aliphatic hydroxyl groups excluding tert-OH is 1. The molecular weight excluding hydrogens is 372 g/mol. The van der Waals surface area contributed by atoms with Crippen molar-refractivity contribution in [3.63, 3.8) is 0 Å². The third kappa shape index (κ3) is 3.06.